The van der Waals surface area contributed by atoms with Gasteiger partial charge in [0.1, 0.15) is 0 Å². The molecule has 0 aliphatic rings. The van der Waals surface area contributed by atoms with Gasteiger partial charge in [0.15, 0.2) is 0 Å². The molecule has 0 amide bonds. The van der Waals surface area contributed by atoms with Crippen molar-refractivity contribution in [2.45, 2.75) is 26.4 Å². The van der Waals surface area contributed by atoms with Gasteiger partial charge in [0.25, 0.3) is 0 Å². The Hall–Kier alpha value is -0.170. The fourth-order valence-corrected chi connectivity index (χ4v) is 2.26. The number of rotatable bonds is 9. The van der Waals surface area contributed by atoms with E-state index < -0.39 is 10.0 Å². The highest BCUT2D eigenvalue weighted by Gasteiger charge is 2.12. The van der Waals surface area contributed by atoms with Crippen LogP contribution in [0.4, 0.5) is 0 Å². The lowest BCUT2D eigenvalue weighted by atomic mass is 10.3. The topological polar surface area (TPSA) is 58.6 Å². The summed E-state index contributed by atoms with van der Waals surface area (Å²) in [5.41, 5.74) is 0. The van der Waals surface area contributed by atoms with E-state index in [4.69, 9.17) is 4.74 Å². The third-order valence-electron chi connectivity index (χ3n) is 2.42. The lowest BCUT2D eigenvalue weighted by molar-refractivity contribution is 0.117. The molecule has 0 aliphatic heterocycles. The first-order valence-electron chi connectivity index (χ1n) is 5.60. The zero-order chi connectivity index (χ0) is 12.6. The second-order valence-electron chi connectivity index (χ2n) is 3.86. The average molecular weight is 252 g/mol. The van der Waals surface area contributed by atoms with Crippen molar-refractivity contribution in [1.29, 1.82) is 0 Å². The molecule has 0 fully saturated rings. The molecule has 1 unspecified atom stereocenters. The SMILES string of the molecule is CCN(CCCNCC(C)OC)S(C)(=O)=O. The van der Waals surface area contributed by atoms with Gasteiger partial charge in [-0.15, -0.1) is 0 Å². The lowest BCUT2D eigenvalue weighted by Gasteiger charge is -2.18. The second-order valence-corrected chi connectivity index (χ2v) is 5.84. The summed E-state index contributed by atoms with van der Waals surface area (Å²) in [6.45, 7) is 6.54. The van der Waals surface area contributed by atoms with Crippen LogP contribution in [0.1, 0.15) is 20.3 Å². The van der Waals surface area contributed by atoms with Gasteiger partial charge in [0.2, 0.25) is 10.0 Å². The summed E-state index contributed by atoms with van der Waals surface area (Å²) in [5, 5.41) is 3.22. The first-order valence-corrected chi connectivity index (χ1v) is 7.45. The van der Waals surface area contributed by atoms with Gasteiger partial charge >= 0.3 is 0 Å². The van der Waals surface area contributed by atoms with Crippen molar-refractivity contribution in [2.24, 2.45) is 0 Å². The Morgan fingerprint density at radius 1 is 1.44 bits per heavy atom. The molecule has 1 atom stereocenters. The third-order valence-corrected chi connectivity index (χ3v) is 3.80. The average Bonchev–Trinajstić information content (AvgIpc) is 2.20. The van der Waals surface area contributed by atoms with E-state index in [-0.39, 0.29) is 6.10 Å². The van der Waals surface area contributed by atoms with Crippen molar-refractivity contribution >= 4 is 10.0 Å². The maximum absolute atomic E-state index is 11.3. The maximum Gasteiger partial charge on any atom is 0.211 e. The highest BCUT2D eigenvalue weighted by atomic mass is 32.2. The Bertz CT molecular complexity index is 267. The molecule has 0 saturated carbocycles. The first-order chi connectivity index (χ1) is 7.41. The fraction of sp³-hybridized carbons (Fsp3) is 1.00. The van der Waals surface area contributed by atoms with Gasteiger partial charge in [-0.25, -0.2) is 12.7 Å². The Morgan fingerprint density at radius 2 is 2.06 bits per heavy atom. The van der Waals surface area contributed by atoms with E-state index in [0.29, 0.717) is 13.1 Å². The van der Waals surface area contributed by atoms with Crippen molar-refractivity contribution in [3.05, 3.63) is 0 Å². The molecule has 0 spiro atoms. The van der Waals surface area contributed by atoms with E-state index in [0.717, 1.165) is 19.5 Å². The van der Waals surface area contributed by atoms with Gasteiger partial charge in [-0.2, -0.15) is 0 Å². The summed E-state index contributed by atoms with van der Waals surface area (Å²) < 4.78 is 29.1. The molecule has 0 rings (SSSR count). The van der Waals surface area contributed by atoms with E-state index in [1.807, 2.05) is 13.8 Å². The van der Waals surface area contributed by atoms with Crippen molar-refractivity contribution in [3.8, 4) is 0 Å². The van der Waals surface area contributed by atoms with Gasteiger partial charge < -0.3 is 10.1 Å². The van der Waals surface area contributed by atoms with Crippen LogP contribution in [-0.4, -0.2) is 58.4 Å². The molecule has 0 aliphatic carbocycles. The molecule has 0 aromatic rings. The van der Waals surface area contributed by atoms with E-state index >= 15 is 0 Å². The zero-order valence-electron chi connectivity index (χ0n) is 10.7. The Balaban J connectivity index is 3.65. The van der Waals surface area contributed by atoms with Crippen molar-refractivity contribution < 1.29 is 13.2 Å². The molecule has 5 nitrogen and oxygen atoms in total. The molecule has 98 valence electrons. The quantitative estimate of drug-likeness (QED) is 0.599. The van der Waals surface area contributed by atoms with Gasteiger partial charge in [-0.1, -0.05) is 6.92 Å². The molecular weight excluding hydrogens is 228 g/mol. The van der Waals surface area contributed by atoms with Gasteiger partial charge in [0, 0.05) is 26.7 Å². The van der Waals surface area contributed by atoms with Crippen LogP contribution < -0.4 is 5.32 Å². The van der Waals surface area contributed by atoms with Crippen LogP contribution in [0, 0.1) is 0 Å². The molecule has 0 aromatic heterocycles. The van der Waals surface area contributed by atoms with Gasteiger partial charge in [0.05, 0.1) is 12.4 Å². The Morgan fingerprint density at radius 3 is 2.50 bits per heavy atom. The van der Waals surface area contributed by atoms with Crippen LogP contribution in [0.2, 0.25) is 0 Å². The number of methoxy groups -OCH3 is 1. The molecule has 0 radical (unpaired) electrons. The number of hydrogen-bond donors (Lipinski definition) is 1. The summed E-state index contributed by atoms with van der Waals surface area (Å²) in [7, 11) is -1.37. The number of sulfonamides is 1. The van der Waals surface area contributed by atoms with E-state index in [1.54, 1.807) is 7.11 Å². The first kappa shape index (κ1) is 15.8. The Labute approximate surface area is 99.2 Å². The summed E-state index contributed by atoms with van der Waals surface area (Å²) in [6, 6.07) is 0. The molecule has 0 heterocycles. The molecule has 1 N–H and O–H groups in total. The molecule has 0 aromatic carbocycles. The van der Waals surface area contributed by atoms with Crippen molar-refractivity contribution in [3.63, 3.8) is 0 Å². The smallest absolute Gasteiger partial charge is 0.211 e. The summed E-state index contributed by atoms with van der Waals surface area (Å²) >= 11 is 0. The largest absolute Gasteiger partial charge is 0.380 e. The number of nitrogens with one attached hydrogen (secondary N) is 1. The van der Waals surface area contributed by atoms with E-state index in [1.165, 1.54) is 10.6 Å². The van der Waals surface area contributed by atoms with Crippen LogP contribution in [0.15, 0.2) is 0 Å². The normalized spacial score (nSPS) is 14.3. The zero-order valence-corrected chi connectivity index (χ0v) is 11.5. The van der Waals surface area contributed by atoms with Crippen LogP contribution >= 0.6 is 0 Å². The monoisotopic (exact) mass is 252 g/mol. The summed E-state index contributed by atoms with van der Waals surface area (Å²) in [5.74, 6) is 0. The van der Waals surface area contributed by atoms with Gasteiger partial charge in [-0.05, 0) is 19.9 Å². The molecular formula is C10H24N2O3S. The number of ether oxygens (including phenoxy) is 1. The van der Waals surface area contributed by atoms with Crippen LogP contribution in [0.3, 0.4) is 0 Å². The predicted octanol–water partition coefficient (Wildman–Crippen LogP) is 0.283. The maximum atomic E-state index is 11.3. The molecule has 6 heteroatoms. The highest BCUT2D eigenvalue weighted by molar-refractivity contribution is 7.88. The molecule has 0 saturated heterocycles. The minimum absolute atomic E-state index is 0.192. The van der Waals surface area contributed by atoms with Crippen molar-refractivity contribution in [1.82, 2.24) is 9.62 Å². The Kier molecular flexibility index (Phi) is 7.91. The van der Waals surface area contributed by atoms with Gasteiger partial charge in [-0.3, -0.25) is 0 Å². The van der Waals surface area contributed by atoms with Crippen LogP contribution in [0.25, 0.3) is 0 Å². The minimum Gasteiger partial charge on any atom is -0.380 e. The summed E-state index contributed by atoms with van der Waals surface area (Å²) in [6.07, 6.45) is 2.26. The fourth-order valence-electron chi connectivity index (χ4n) is 1.33. The standard InChI is InChI=1S/C10H24N2O3S/c1-5-12(16(4,13)14)8-6-7-11-9-10(2)15-3/h10-11H,5-9H2,1-4H3. The second kappa shape index (κ2) is 8.00. The molecule has 16 heavy (non-hydrogen) atoms. The van der Waals surface area contributed by atoms with Crippen molar-refractivity contribution in [2.75, 3.05) is 39.5 Å². The summed E-state index contributed by atoms with van der Waals surface area (Å²) in [4.78, 5) is 0. The van der Waals surface area contributed by atoms with E-state index in [9.17, 15) is 8.42 Å². The highest BCUT2D eigenvalue weighted by Crippen LogP contribution is 1.98. The number of hydrogen-bond acceptors (Lipinski definition) is 4. The van der Waals surface area contributed by atoms with Crippen LogP contribution in [0.5, 0.6) is 0 Å². The third kappa shape index (κ3) is 7.16. The number of nitrogens with zero attached hydrogens (tertiary/aromatic N) is 1. The van der Waals surface area contributed by atoms with Crippen LogP contribution in [-0.2, 0) is 14.8 Å². The minimum atomic E-state index is -3.04. The lowest BCUT2D eigenvalue weighted by Crippen LogP contribution is -2.33. The van der Waals surface area contributed by atoms with E-state index in [2.05, 4.69) is 5.32 Å². The predicted molar refractivity (Wildman–Crippen MR) is 66.0 cm³/mol. The molecule has 0 bridgehead atoms.